The number of carbonyl (C=O) groups is 2. The van der Waals surface area contributed by atoms with Crippen LogP contribution in [0.25, 0.3) is 0 Å². The lowest BCUT2D eigenvalue weighted by Gasteiger charge is -2.43. The lowest BCUT2D eigenvalue weighted by molar-refractivity contribution is -0.142. The second-order valence-electron chi connectivity index (χ2n) is 13.4. The average molecular weight is 554 g/mol. The van der Waals surface area contributed by atoms with Crippen LogP contribution in [0.15, 0.2) is 60.7 Å². The van der Waals surface area contributed by atoms with Gasteiger partial charge in [0.05, 0.1) is 6.04 Å². The number of cyclic esters (lactones) is 1. The third-order valence-corrected chi connectivity index (χ3v) is 12.4. The quantitative estimate of drug-likeness (QED) is 0.290. The maximum atomic E-state index is 12.7. The van der Waals surface area contributed by atoms with Crippen molar-refractivity contribution in [2.75, 3.05) is 6.61 Å². The number of hydrogen-bond donors (Lipinski definition) is 1. The molecule has 1 aliphatic heterocycles. The highest BCUT2D eigenvalue weighted by Crippen LogP contribution is 2.38. The van der Waals surface area contributed by atoms with E-state index in [1.165, 1.54) is 10.4 Å². The molecule has 1 N–H and O–H groups in total. The minimum absolute atomic E-state index is 0.0985. The zero-order chi connectivity index (χ0) is 28.9. The largest absolute Gasteiger partial charge is 0.460 e. The number of benzene rings is 2. The van der Waals surface area contributed by atoms with Crippen LogP contribution >= 0.6 is 0 Å². The van der Waals surface area contributed by atoms with Gasteiger partial charge in [0, 0.05) is 13.0 Å². The fourth-order valence-corrected chi connectivity index (χ4v) is 10.1. The van der Waals surface area contributed by atoms with Gasteiger partial charge in [0.1, 0.15) is 11.7 Å². The average Bonchev–Trinajstić information content (AvgIpc) is 3.27. The SMILES string of the molecule is CC(C)(CCO[Si](c1ccccc1)(c1ccccc1)C(C)(C)C)C[C@H](NC(=O)OC(C)(C)C)[C@@H]1CCC(=O)O1. The van der Waals surface area contributed by atoms with Crippen LogP contribution in [0.4, 0.5) is 4.79 Å². The lowest BCUT2D eigenvalue weighted by atomic mass is 9.81. The molecule has 0 saturated carbocycles. The van der Waals surface area contributed by atoms with E-state index in [2.05, 4.69) is 88.5 Å². The van der Waals surface area contributed by atoms with Gasteiger partial charge in [-0.3, -0.25) is 4.79 Å². The summed E-state index contributed by atoms with van der Waals surface area (Å²) >= 11 is 0. The highest BCUT2D eigenvalue weighted by Gasteiger charge is 2.50. The Morgan fingerprint density at radius 3 is 1.92 bits per heavy atom. The molecule has 3 rings (SSSR count). The number of amides is 1. The van der Waals surface area contributed by atoms with Gasteiger partial charge in [0.2, 0.25) is 0 Å². The Bertz CT molecular complexity index is 1050. The number of hydrogen-bond acceptors (Lipinski definition) is 5. The topological polar surface area (TPSA) is 73.9 Å². The van der Waals surface area contributed by atoms with Crippen molar-refractivity contribution in [3.63, 3.8) is 0 Å². The Hall–Kier alpha value is -2.64. The molecule has 0 unspecified atom stereocenters. The normalized spacial score (nSPS) is 17.4. The molecular formula is C32H47NO5Si. The third kappa shape index (κ3) is 8.18. The van der Waals surface area contributed by atoms with Crippen molar-refractivity contribution in [3.05, 3.63) is 60.7 Å². The first-order chi connectivity index (χ1) is 18.1. The highest BCUT2D eigenvalue weighted by molar-refractivity contribution is 6.99. The maximum absolute atomic E-state index is 12.7. The van der Waals surface area contributed by atoms with Crippen molar-refractivity contribution in [3.8, 4) is 0 Å². The first kappa shape index (κ1) is 30.9. The maximum Gasteiger partial charge on any atom is 0.408 e. The number of alkyl carbamates (subject to hydrolysis) is 1. The minimum atomic E-state index is -2.64. The van der Waals surface area contributed by atoms with Gasteiger partial charge >= 0.3 is 12.1 Å². The Labute approximate surface area is 235 Å². The molecule has 0 spiro atoms. The standard InChI is InChI=1S/C32H47NO5Si/c1-30(2,3)38-29(35)33-26(27-19-20-28(34)37-27)23-32(7,8)21-22-36-39(31(4,5)6,24-15-11-9-12-16-24)25-17-13-10-14-18-25/h9-18,26-27H,19-23H2,1-8H3,(H,33,35)/t26-,27-/m0/s1. The van der Waals surface area contributed by atoms with E-state index in [0.29, 0.717) is 25.9 Å². The van der Waals surface area contributed by atoms with Crippen molar-refractivity contribution in [2.24, 2.45) is 5.41 Å². The van der Waals surface area contributed by atoms with Crippen LogP contribution in [0, 0.1) is 5.41 Å². The summed E-state index contributed by atoms with van der Waals surface area (Å²) < 4.78 is 18.2. The molecule has 0 aromatic heterocycles. The van der Waals surface area contributed by atoms with Crippen LogP contribution in [0.2, 0.25) is 5.04 Å². The minimum Gasteiger partial charge on any atom is -0.460 e. The molecular weight excluding hydrogens is 506 g/mol. The van der Waals surface area contributed by atoms with Gasteiger partial charge in [-0.05, 0) is 60.9 Å². The Balaban J connectivity index is 1.81. The van der Waals surface area contributed by atoms with E-state index in [-0.39, 0.29) is 28.6 Å². The molecule has 2 atom stereocenters. The Morgan fingerprint density at radius 1 is 0.949 bits per heavy atom. The second kappa shape index (κ2) is 12.3. The molecule has 2 aromatic rings. The molecule has 0 aliphatic carbocycles. The molecule has 0 bridgehead atoms. The molecule has 1 heterocycles. The monoisotopic (exact) mass is 553 g/mol. The van der Waals surface area contributed by atoms with Crippen molar-refractivity contribution in [2.45, 2.75) is 104 Å². The number of nitrogens with one attached hydrogen (secondary N) is 1. The van der Waals surface area contributed by atoms with E-state index in [1.54, 1.807) is 0 Å². The van der Waals surface area contributed by atoms with Gasteiger partial charge in [0.25, 0.3) is 8.32 Å². The smallest absolute Gasteiger partial charge is 0.408 e. The lowest BCUT2D eigenvalue weighted by Crippen LogP contribution is -2.66. The molecule has 6 nitrogen and oxygen atoms in total. The van der Waals surface area contributed by atoms with Gasteiger partial charge in [-0.1, -0.05) is 95.3 Å². The molecule has 2 aromatic carbocycles. The summed E-state index contributed by atoms with van der Waals surface area (Å²) in [5, 5.41) is 5.41. The zero-order valence-corrected chi connectivity index (χ0v) is 26.0. The van der Waals surface area contributed by atoms with Gasteiger partial charge < -0.3 is 19.2 Å². The number of rotatable bonds is 10. The fourth-order valence-electron chi connectivity index (χ4n) is 5.50. The Kier molecular flexibility index (Phi) is 9.71. The summed E-state index contributed by atoms with van der Waals surface area (Å²) in [6.07, 6.45) is 1.53. The van der Waals surface area contributed by atoms with Crippen molar-refractivity contribution < 1.29 is 23.5 Å². The predicted octanol–water partition coefficient (Wildman–Crippen LogP) is 5.97. The van der Waals surface area contributed by atoms with Crippen LogP contribution in [0.3, 0.4) is 0 Å². The molecule has 1 aliphatic rings. The van der Waals surface area contributed by atoms with Crippen LogP contribution in [-0.2, 0) is 18.7 Å². The van der Waals surface area contributed by atoms with E-state index < -0.39 is 20.0 Å². The summed E-state index contributed by atoms with van der Waals surface area (Å²) in [5.74, 6) is -0.219. The molecule has 1 fully saturated rings. The van der Waals surface area contributed by atoms with E-state index in [1.807, 2.05) is 32.9 Å². The van der Waals surface area contributed by atoms with Crippen LogP contribution in [0.5, 0.6) is 0 Å². The molecule has 1 saturated heterocycles. The molecule has 0 radical (unpaired) electrons. The summed E-state index contributed by atoms with van der Waals surface area (Å²) in [4.78, 5) is 24.6. The van der Waals surface area contributed by atoms with E-state index in [4.69, 9.17) is 13.9 Å². The molecule has 7 heteroatoms. The molecule has 39 heavy (non-hydrogen) atoms. The van der Waals surface area contributed by atoms with Gasteiger partial charge in [-0.15, -0.1) is 0 Å². The summed E-state index contributed by atoms with van der Waals surface area (Å²) in [6.45, 7) is 17.3. The van der Waals surface area contributed by atoms with E-state index in [0.717, 1.165) is 6.42 Å². The first-order valence-corrected chi connectivity index (χ1v) is 16.0. The number of ether oxygens (including phenoxy) is 2. The van der Waals surface area contributed by atoms with Gasteiger partial charge in [0.15, 0.2) is 0 Å². The molecule has 214 valence electrons. The summed E-state index contributed by atoms with van der Waals surface area (Å²) in [5.41, 5.74) is -0.805. The summed E-state index contributed by atoms with van der Waals surface area (Å²) in [7, 11) is -2.64. The van der Waals surface area contributed by atoms with E-state index in [9.17, 15) is 9.59 Å². The van der Waals surface area contributed by atoms with E-state index >= 15 is 0 Å². The van der Waals surface area contributed by atoms with Gasteiger partial charge in [-0.25, -0.2) is 4.79 Å². The second-order valence-corrected chi connectivity index (χ2v) is 17.8. The van der Waals surface area contributed by atoms with Crippen molar-refractivity contribution in [1.29, 1.82) is 0 Å². The first-order valence-electron chi connectivity index (χ1n) is 14.1. The zero-order valence-electron chi connectivity index (χ0n) is 25.0. The van der Waals surface area contributed by atoms with Crippen molar-refractivity contribution >= 4 is 30.8 Å². The third-order valence-electron chi connectivity index (χ3n) is 7.35. The number of esters is 1. The van der Waals surface area contributed by atoms with Crippen molar-refractivity contribution in [1.82, 2.24) is 5.32 Å². The number of carbonyl (C=O) groups excluding carboxylic acids is 2. The van der Waals surface area contributed by atoms with Crippen LogP contribution in [-0.4, -0.2) is 44.7 Å². The fraction of sp³-hybridized carbons (Fsp3) is 0.562. The van der Waals surface area contributed by atoms with Crippen LogP contribution in [0.1, 0.15) is 81.1 Å². The predicted molar refractivity (Wildman–Crippen MR) is 159 cm³/mol. The molecule has 1 amide bonds. The van der Waals surface area contributed by atoms with Crippen LogP contribution < -0.4 is 15.7 Å². The Morgan fingerprint density at radius 2 is 1.49 bits per heavy atom. The highest BCUT2D eigenvalue weighted by atomic mass is 28.4. The van der Waals surface area contributed by atoms with Gasteiger partial charge in [-0.2, -0.15) is 0 Å². The summed E-state index contributed by atoms with van der Waals surface area (Å²) in [6, 6.07) is 20.9.